The van der Waals surface area contributed by atoms with Gasteiger partial charge in [0, 0.05) is 6.54 Å². The van der Waals surface area contributed by atoms with Crippen LogP contribution in [-0.2, 0) is 0 Å². The minimum Gasteiger partial charge on any atom is -0.497 e. The lowest BCUT2D eigenvalue weighted by molar-refractivity contribution is 0.268. The number of nitrogens with zero attached hydrogens (tertiary/aromatic N) is 2. The second-order valence-corrected chi connectivity index (χ2v) is 4.59. The van der Waals surface area contributed by atoms with Crippen molar-refractivity contribution in [2.24, 2.45) is 4.99 Å². The van der Waals surface area contributed by atoms with Gasteiger partial charge in [-0.05, 0) is 30.8 Å². The Kier molecular flexibility index (Phi) is 4.80. The quantitative estimate of drug-likeness (QED) is 0.852. The number of hydrogen-bond acceptors (Lipinski definition) is 4. The van der Waals surface area contributed by atoms with Gasteiger partial charge in [0.2, 0.25) is 0 Å². The predicted molar refractivity (Wildman–Crippen MR) is 79.0 cm³/mol. The highest BCUT2D eigenvalue weighted by Gasteiger charge is 2.25. The Labute approximate surface area is 115 Å². The van der Waals surface area contributed by atoms with Crippen molar-refractivity contribution in [3.05, 3.63) is 29.8 Å². The molecule has 0 radical (unpaired) electrons. The summed E-state index contributed by atoms with van der Waals surface area (Å²) in [5, 5.41) is 3.41. The molecule has 1 aliphatic heterocycles. The number of benzene rings is 1. The van der Waals surface area contributed by atoms with Gasteiger partial charge in [0.15, 0.2) is 0 Å². The molecule has 1 N–H and O–H groups in total. The topological polar surface area (TPSA) is 36.9 Å². The van der Waals surface area contributed by atoms with E-state index in [0.717, 1.165) is 37.8 Å². The minimum atomic E-state index is 0.225. The van der Waals surface area contributed by atoms with E-state index in [9.17, 15) is 0 Å². The van der Waals surface area contributed by atoms with Gasteiger partial charge in [-0.2, -0.15) is 0 Å². The Morgan fingerprint density at radius 1 is 1.26 bits per heavy atom. The van der Waals surface area contributed by atoms with Crippen LogP contribution in [0.2, 0.25) is 0 Å². The number of ether oxygens (including phenoxy) is 1. The number of hydrogen-bond donors (Lipinski definition) is 1. The van der Waals surface area contributed by atoms with Gasteiger partial charge in [0.05, 0.1) is 19.7 Å². The van der Waals surface area contributed by atoms with Crippen LogP contribution in [0.25, 0.3) is 0 Å². The fourth-order valence-corrected chi connectivity index (χ4v) is 2.52. The van der Waals surface area contributed by atoms with Crippen LogP contribution in [-0.4, -0.2) is 44.0 Å². The summed E-state index contributed by atoms with van der Waals surface area (Å²) in [6.07, 6.45) is 0. The van der Waals surface area contributed by atoms with E-state index < -0.39 is 0 Å². The van der Waals surface area contributed by atoms with E-state index in [-0.39, 0.29) is 6.04 Å². The molecule has 1 atom stereocenters. The number of methoxy groups -OCH3 is 1. The molecule has 0 amide bonds. The molecule has 0 aliphatic carbocycles. The van der Waals surface area contributed by atoms with Gasteiger partial charge in [-0.15, -0.1) is 0 Å². The maximum absolute atomic E-state index is 5.23. The first-order valence-corrected chi connectivity index (χ1v) is 6.96. The van der Waals surface area contributed by atoms with Crippen LogP contribution >= 0.6 is 0 Å². The van der Waals surface area contributed by atoms with Gasteiger partial charge < -0.3 is 10.1 Å². The number of rotatable bonds is 6. The summed E-state index contributed by atoms with van der Waals surface area (Å²) in [5.74, 6) is 1.98. The number of nitrogens with one attached hydrogen (secondary N) is 1. The normalized spacial score (nSPS) is 16.1. The lowest BCUT2D eigenvalue weighted by Gasteiger charge is -2.30. The first kappa shape index (κ1) is 13.9. The molecule has 0 saturated heterocycles. The summed E-state index contributed by atoms with van der Waals surface area (Å²) in [6, 6.07) is 8.51. The van der Waals surface area contributed by atoms with Gasteiger partial charge in [0.25, 0.3) is 0 Å². The summed E-state index contributed by atoms with van der Waals surface area (Å²) in [4.78, 5) is 7.02. The zero-order valence-corrected chi connectivity index (χ0v) is 12.0. The van der Waals surface area contributed by atoms with E-state index in [4.69, 9.17) is 4.74 Å². The molecule has 4 heteroatoms. The van der Waals surface area contributed by atoms with E-state index >= 15 is 0 Å². The summed E-state index contributed by atoms with van der Waals surface area (Å²) in [7, 11) is 1.69. The molecule has 1 aliphatic rings. The zero-order chi connectivity index (χ0) is 13.7. The molecule has 1 aromatic carbocycles. The highest BCUT2D eigenvalue weighted by atomic mass is 16.5. The van der Waals surface area contributed by atoms with Crippen molar-refractivity contribution in [1.82, 2.24) is 10.2 Å². The van der Waals surface area contributed by atoms with Crippen LogP contribution in [0.5, 0.6) is 5.75 Å². The van der Waals surface area contributed by atoms with Crippen LogP contribution in [0.4, 0.5) is 0 Å². The third-order valence-electron chi connectivity index (χ3n) is 3.57. The molecule has 4 nitrogen and oxygen atoms in total. The SMILES string of the molecule is CCN(CC)C(C1=NCCN1)c1ccc(OC)cc1. The molecule has 0 bridgehead atoms. The van der Waals surface area contributed by atoms with Crippen molar-refractivity contribution in [1.29, 1.82) is 0 Å². The largest absolute Gasteiger partial charge is 0.497 e. The van der Waals surface area contributed by atoms with Crippen LogP contribution in [0.3, 0.4) is 0 Å². The summed E-state index contributed by atoms with van der Waals surface area (Å²) < 4.78 is 5.23. The highest BCUT2D eigenvalue weighted by molar-refractivity contribution is 5.89. The van der Waals surface area contributed by atoms with Gasteiger partial charge in [-0.1, -0.05) is 26.0 Å². The number of amidine groups is 1. The van der Waals surface area contributed by atoms with Crippen molar-refractivity contribution in [2.45, 2.75) is 19.9 Å². The summed E-state index contributed by atoms with van der Waals surface area (Å²) in [5.41, 5.74) is 1.26. The molecule has 0 spiro atoms. The molecule has 0 fully saturated rings. The molecule has 104 valence electrons. The molecule has 0 saturated carbocycles. The fourth-order valence-electron chi connectivity index (χ4n) is 2.52. The monoisotopic (exact) mass is 261 g/mol. The lowest BCUT2D eigenvalue weighted by Crippen LogP contribution is -2.38. The second kappa shape index (κ2) is 6.57. The third kappa shape index (κ3) is 3.07. The molecule has 19 heavy (non-hydrogen) atoms. The fraction of sp³-hybridized carbons (Fsp3) is 0.533. The molecular formula is C15H23N3O. The van der Waals surface area contributed by atoms with Crippen molar-refractivity contribution in [3.63, 3.8) is 0 Å². The Balaban J connectivity index is 2.29. The van der Waals surface area contributed by atoms with Crippen molar-refractivity contribution in [3.8, 4) is 5.75 Å². The average Bonchev–Trinajstić information content (AvgIpc) is 2.98. The van der Waals surface area contributed by atoms with Crippen LogP contribution in [0.15, 0.2) is 29.3 Å². The molecule has 1 aromatic rings. The number of likely N-dealkylation sites (N-methyl/N-ethyl adjacent to an activating group) is 1. The summed E-state index contributed by atoms with van der Waals surface area (Å²) in [6.45, 7) is 8.22. The average molecular weight is 261 g/mol. The van der Waals surface area contributed by atoms with Gasteiger partial charge in [-0.25, -0.2) is 0 Å². The summed E-state index contributed by atoms with van der Waals surface area (Å²) >= 11 is 0. The van der Waals surface area contributed by atoms with E-state index in [1.807, 2.05) is 12.1 Å². The number of aliphatic imine (C=N–C) groups is 1. The van der Waals surface area contributed by atoms with Crippen LogP contribution in [0, 0.1) is 0 Å². The van der Waals surface area contributed by atoms with E-state index in [1.165, 1.54) is 5.56 Å². The Bertz CT molecular complexity index is 424. The van der Waals surface area contributed by atoms with Crippen LogP contribution in [0.1, 0.15) is 25.5 Å². The maximum Gasteiger partial charge on any atom is 0.119 e. The van der Waals surface area contributed by atoms with E-state index in [1.54, 1.807) is 7.11 Å². The first-order chi connectivity index (χ1) is 9.30. The van der Waals surface area contributed by atoms with E-state index in [0.29, 0.717) is 0 Å². The Morgan fingerprint density at radius 2 is 1.95 bits per heavy atom. The van der Waals surface area contributed by atoms with Gasteiger partial charge in [0.1, 0.15) is 11.6 Å². The predicted octanol–water partition coefficient (Wildman–Crippen LogP) is 2.08. The Hall–Kier alpha value is -1.55. The molecular weight excluding hydrogens is 238 g/mol. The van der Waals surface area contributed by atoms with Crippen LogP contribution < -0.4 is 10.1 Å². The maximum atomic E-state index is 5.23. The molecule has 1 unspecified atom stereocenters. The minimum absolute atomic E-state index is 0.225. The highest BCUT2D eigenvalue weighted by Crippen LogP contribution is 2.24. The third-order valence-corrected chi connectivity index (χ3v) is 3.57. The second-order valence-electron chi connectivity index (χ2n) is 4.59. The molecule has 1 heterocycles. The van der Waals surface area contributed by atoms with Crippen molar-refractivity contribution < 1.29 is 4.74 Å². The standard InChI is InChI=1S/C15H23N3O/c1-4-18(5-2)14(15-16-10-11-17-15)12-6-8-13(19-3)9-7-12/h6-9,14H,4-5,10-11H2,1-3H3,(H,16,17). The van der Waals surface area contributed by atoms with Gasteiger partial charge >= 0.3 is 0 Å². The smallest absolute Gasteiger partial charge is 0.119 e. The Morgan fingerprint density at radius 3 is 2.42 bits per heavy atom. The molecule has 0 aromatic heterocycles. The van der Waals surface area contributed by atoms with Crippen molar-refractivity contribution >= 4 is 5.84 Å². The lowest BCUT2D eigenvalue weighted by atomic mass is 10.0. The van der Waals surface area contributed by atoms with Crippen molar-refractivity contribution in [2.75, 3.05) is 33.3 Å². The first-order valence-electron chi connectivity index (χ1n) is 6.96. The molecule has 2 rings (SSSR count). The zero-order valence-electron chi connectivity index (χ0n) is 12.0. The van der Waals surface area contributed by atoms with Gasteiger partial charge in [-0.3, -0.25) is 9.89 Å². The van der Waals surface area contributed by atoms with E-state index in [2.05, 4.69) is 41.2 Å².